The van der Waals surface area contributed by atoms with E-state index in [4.69, 9.17) is 5.73 Å². The lowest BCUT2D eigenvalue weighted by Crippen LogP contribution is -2.41. The Morgan fingerprint density at radius 1 is 1.19 bits per heavy atom. The Labute approximate surface area is 99.3 Å². The van der Waals surface area contributed by atoms with Crippen molar-refractivity contribution in [3.63, 3.8) is 0 Å². The van der Waals surface area contributed by atoms with E-state index in [9.17, 15) is 0 Å². The first-order valence-electron chi connectivity index (χ1n) is 6.62. The van der Waals surface area contributed by atoms with Gasteiger partial charge in [-0.15, -0.1) is 0 Å². The van der Waals surface area contributed by atoms with Crippen LogP contribution in [0.5, 0.6) is 0 Å². The standard InChI is InChI=1S/C13H25N3/c1-12(9-14)10-15-8-5-13(11-15)16-6-3-2-4-7-16/h13H,1-11,14H2. The maximum atomic E-state index is 5.59. The van der Waals surface area contributed by atoms with Gasteiger partial charge >= 0.3 is 0 Å². The Balaban J connectivity index is 1.76. The maximum Gasteiger partial charge on any atom is 0.0235 e. The van der Waals surface area contributed by atoms with Crippen molar-refractivity contribution in [1.82, 2.24) is 9.80 Å². The van der Waals surface area contributed by atoms with Crippen LogP contribution < -0.4 is 5.73 Å². The molecular formula is C13H25N3. The molecule has 16 heavy (non-hydrogen) atoms. The molecule has 0 aliphatic carbocycles. The Morgan fingerprint density at radius 2 is 1.94 bits per heavy atom. The highest BCUT2D eigenvalue weighted by Crippen LogP contribution is 2.20. The summed E-state index contributed by atoms with van der Waals surface area (Å²) in [5.41, 5.74) is 6.76. The molecule has 0 bridgehead atoms. The summed E-state index contributed by atoms with van der Waals surface area (Å²) in [6.07, 6.45) is 5.55. The summed E-state index contributed by atoms with van der Waals surface area (Å²) in [6.45, 7) is 10.7. The third-order valence-electron chi connectivity index (χ3n) is 3.89. The lowest BCUT2D eigenvalue weighted by Gasteiger charge is -2.32. The number of likely N-dealkylation sites (tertiary alicyclic amines) is 2. The number of hydrogen-bond acceptors (Lipinski definition) is 3. The van der Waals surface area contributed by atoms with Gasteiger partial charge in [0, 0.05) is 32.2 Å². The molecule has 92 valence electrons. The summed E-state index contributed by atoms with van der Waals surface area (Å²) in [5.74, 6) is 0. The molecule has 0 radical (unpaired) electrons. The minimum Gasteiger partial charge on any atom is -0.327 e. The third kappa shape index (κ3) is 3.06. The van der Waals surface area contributed by atoms with Crippen molar-refractivity contribution >= 4 is 0 Å². The van der Waals surface area contributed by atoms with Crippen LogP contribution in [0.3, 0.4) is 0 Å². The monoisotopic (exact) mass is 223 g/mol. The van der Waals surface area contributed by atoms with E-state index in [-0.39, 0.29) is 0 Å². The van der Waals surface area contributed by atoms with E-state index in [0.29, 0.717) is 6.54 Å². The lowest BCUT2D eigenvalue weighted by atomic mass is 10.1. The van der Waals surface area contributed by atoms with Gasteiger partial charge < -0.3 is 5.73 Å². The van der Waals surface area contributed by atoms with E-state index in [1.54, 1.807) is 0 Å². The van der Waals surface area contributed by atoms with Crippen molar-refractivity contribution in [3.8, 4) is 0 Å². The Kier molecular flexibility index (Phi) is 4.38. The van der Waals surface area contributed by atoms with Crippen molar-refractivity contribution in [2.24, 2.45) is 5.73 Å². The van der Waals surface area contributed by atoms with Gasteiger partial charge in [-0.25, -0.2) is 0 Å². The number of nitrogens with zero attached hydrogens (tertiary/aromatic N) is 2. The molecule has 2 heterocycles. The summed E-state index contributed by atoms with van der Waals surface area (Å²) in [5, 5.41) is 0. The van der Waals surface area contributed by atoms with Crippen LogP contribution in [-0.4, -0.2) is 55.1 Å². The normalized spacial score (nSPS) is 28.4. The second-order valence-electron chi connectivity index (χ2n) is 5.23. The summed E-state index contributed by atoms with van der Waals surface area (Å²) in [4.78, 5) is 5.20. The fourth-order valence-corrected chi connectivity index (χ4v) is 2.92. The Bertz CT molecular complexity index is 233. The first-order chi connectivity index (χ1) is 7.79. The molecule has 0 aromatic rings. The molecule has 0 aromatic heterocycles. The molecule has 3 heteroatoms. The topological polar surface area (TPSA) is 32.5 Å². The van der Waals surface area contributed by atoms with Crippen LogP contribution in [0.4, 0.5) is 0 Å². The van der Waals surface area contributed by atoms with E-state index in [1.165, 1.54) is 57.4 Å². The van der Waals surface area contributed by atoms with Crippen molar-refractivity contribution in [3.05, 3.63) is 12.2 Å². The zero-order chi connectivity index (χ0) is 11.4. The highest BCUT2D eigenvalue weighted by atomic mass is 15.3. The molecule has 1 unspecified atom stereocenters. The molecule has 0 saturated carbocycles. The van der Waals surface area contributed by atoms with E-state index < -0.39 is 0 Å². The molecule has 3 nitrogen and oxygen atoms in total. The summed E-state index contributed by atoms with van der Waals surface area (Å²) in [6, 6.07) is 0.797. The second kappa shape index (κ2) is 5.80. The van der Waals surface area contributed by atoms with Crippen molar-refractivity contribution in [2.45, 2.75) is 31.7 Å². The fraction of sp³-hybridized carbons (Fsp3) is 0.846. The molecule has 2 rings (SSSR count). The quantitative estimate of drug-likeness (QED) is 0.723. The largest absolute Gasteiger partial charge is 0.327 e. The molecule has 0 amide bonds. The molecule has 2 N–H and O–H groups in total. The van der Waals surface area contributed by atoms with Gasteiger partial charge in [0.25, 0.3) is 0 Å². The second-order valence-corrected chi connectivity index (χ2v) is 5.23. The summed E-state index contributed by atoms with van der Waals surface area (Å²) < 4.78 is 0. The van der Waals surface area contributed by atoms with E-state index in [2.05, 4.69) is 16.4 Å². The zero-order valence-corrected chi connectivity index (χ0v) is 10.3. The average molecular weight is 223 g/mol. The first-order valence-corrected chi connectivity index (χ1v) is 6.62. The average Bonchev–Trinajstić information content (AvgIpc) is 2.78. The van der Waals surface area contributed by atoms with Crippen LogP contribution in [0.1, 0.15) is 25.7 Å². The van der Waals surface area contributed by atoms with Gasteiger partial charge in [0.15, 0.2) is 0 Å². The van der Waals surface area contributed by atoms with Gasteiger partial charge in [0.05, 0.1) is 0 Å². The molecule has 0 spiro atoms. The van der Waals surface area contributed by atoms with Gasteiger partial charge in [-0.05, 0) is 37.9 Å². The van der Waals surface area contributed by atoms with Crippen molar-refractivity contribution < 1.29 is 0 Å². The number of rotatable bonds is 4. The number of piperidine rings is 1. The first kappa shape index (κ1) is 12.1. The third-order valence-corrected chi connectivity index (χ3v) is 3.89. The summed E-state index contributed by atoms with van der Waals surface area (Å²) >= 11 is 0. The SMILES string of the molecule is C=C(CN)CN1CCC(N2CCCCC2)C1. The molecule has 0 aromatic carbocycles. The molecule has 1 atom stereocenters. The lowest BCUT2D eigenvalue weighted by molar-refractivity contribution is 0.163. The van der Waals surface area contributed by atoms with Crippen LogP contribution in [0.25, 0.3) is 0 Å². The maximum absolute atomic E-state index is 5.59. The molecule has 2 saturated heterocycles. The highest BCUT2D eigenvalue weighted by molar-refractivity contribution is 5.00. The van der Waals surface area contributed by atoms with Crippen LogP contribution >= 0.6 is 0 Å². The van der Waals surface area contributed by atoms with Gasteiger partial charge in [0.1, 0.15) is 0 Å². The molecule has 2 aliphatic heterocycles. The minimum atomic E-state index is 0.630. The van der Waals surface area contributed by atoms with Crippen LogP contribution in [-0.2, 0) is 0 Å². The van der Waals surface area contributed by atoms with Gasteiger partial charge in [-0.3, -0.25) is 9.80 Å². The molecule has 2 fully saturated rings. The summed E-state index contributed by atoms with van der Waals surface area (Å²) in [7, 11) is 0. The van der Waals surface area contributed by atoms with E-state index >= 15 is 0 Å². The highest BCUT2D eigenvalue weighted by Gasteiger charge is 2.28. The number of nitrogens with two attached hydrogens (primary N) is 1. The smallest absolute Gasteiger partial charge is 0.0235 e. The Hall–Kier alpha value is -0.380. The predicted molar refractivity (Wildman–Crippen MR) is 68.5 cm³/mol. The van der Waals surface area contributed by atoms with Gasteiger partial charge in [-0.2, -0.15) is 0 Å². The van der Waals surface area contributed by atoms with Crippen molar-refractivity contribution in [2.75, 3.05) is 39.3 Å². The molecular weight excluding hydrogens is 198 g/mol. The van der Waals surface area contributed by atoms with Gasteiger partial charge in [-0.1, -0.05) is 13.0 Å². The van der Waals surface area contributed by atoms with Gasteiger partial charge in [0.2, 0.25) is 0 Å². The van der Waals surface area contributed by atoms with Crippen LogP contribution in [0, 0.1) is 0 Å². The van der Waals surface area contributed by atoms with E-state index in [0.717, 1.165) is 12.6 Å². The Morgan fingerprint density at radius 3 is 2.62 bits per heavy atom. The number of hydrogen-bond donors (Lipinski definition) is 1. The fourth-order valence-electron chi connectivity index (χ4n) is 2.92. The van der Waals surface area contributed by atoms with E-state index in [1.807, 2.05) is 0 Å². The molecule has 2 aliphatic rings. The van der Waals surface area contributed by atoms with Crippen LogP contribution in [0.15, 0.2) is 12.2 Å². The minimum absolute atomic E-state index is 0.630. The van der Waals surface area contributed by atoms with Crippen LogP contribution in [0.2, 0.25) is 0 Å². The zero-order valence-electron chi connectivity index (χ0n) is 10.3. The predicted octanol–water partition coefficient (Wildman–Crippen LogP) is 1.06. The van der Waals surface area contributed by atoms with Crippen molar-refractivity contribution in [1.29, 1.82) is 0 Å².